The van der Waals surface area contributed by atoms with Gasteiger partial charge >= 0.3 is 0 Å². The topological polar surface area (TPSA) is 32.3 Å². The summed E-state index contributed by atoms with van der Waals surface area (Å²) in [4.78, 5) is 14.9. The van der Waals surface area contributed by atoms with E-state index >= 15 is 0 Å². The van der Waals surface area contributed by atoms with E-state index in [1.54, 1.807) is 0 Å². The Morgan fingerprint density at radius 3 is 1.09 bits per heavy atom. The number of aryl methyl sites for hydroxylation is 2. The molecule has 0 saturated heterocycles. The highest BCUT2D eigenvalue weighted by Gasteiger charge is 2.38. The van der Waals surface area contributed by atoms with Crippen molar-refractivity contribution >= 4 is 80.5 Å². The van der Waals surface area contributed by atoms with Gasteiger partial charge in [-0.1, -0.05) is 185 Å². The fourth-order valence-corrected chi connectivity index (χ4v) is 11.8. The Kier molecular flexibility index (Phi) is 11.3. The van der Waals surface area contributed by atoms with Crippen LogP contribution in [0.4, 0.5) is 34.4 Å². The number of rotatable bonds is 10. The largest absolute Gasteiger partial charge is 0.295 e. The van der Waals surface area contributed by atoms with Gasteiger partial charge in [0, 0.05) is 44.4 Å². The van der Waals surface area contributed by atoms with Gasteiger partial charge in [0.25, 0.3) is 0 Å². The average Bonchev–Trinajstić information content (AvgIpc) is 3.95. The van der Waals surface area contributed by atoms with Gasteiger partial charge in [-0.25, -0.2) is 9.97 Å². The predicted octanol–water partition coefficient (Wildman–Crippen LogP) is 19.3. The highest BCUT2D eigenvalue weighted by Crippen LogP contribution is 2.53. The zero-order chi connectivity index (χ0) is 51.7. The lowest BCUT2D eigenvalue weighted by Gasteiger charge is -2.27. The smallest absolute Gasteiger partial charge is 0.138 e. The van der Waals surface area contributed by atoms with Crippen LogP contribution < -0.4 is 9.80 Å². The van der Waals surface area contributed by atoms with Crippen molar-refractivity contribution in [1.82, 2.24) is 9.97 Å². The molecule has 0 N–H and O–H groups in total. The molecule has 0 spiro atoms. The third-order valence-corrected chi connectivity index (χ3v) is 15.9. The summed E-state index contributed by atoms with van der Waals surface area (Å²) in [5, 5.41) is 2.26. The second-order valence-corrected chi connectivity index (χ2v) is 21.7. The standard InChI is InChI=1S/C72H58N4/c1-47-13-11-17-55(41-47)75(69-39-31-53-15-7-9-19-67(53)73-69)57-33-37-61-59-35-29-51(43-63(59)71(3,4)65(61)45-57)27-25-49-21-23-50(24-22-49)26-28-52-30-36-60-62-38-34-58(46-66(62)72(5,6)64(60)44-52)76(56-18-12-14-48(2)42-56)70-40-32-54-16-8-10-20-68(54)74-70/h7-46H,1-6H3/b27-25+,28-26+. The zero-order valence-electron chi connectivity index (χ0n) is 43.9. The van der Waals surface area contributed by atoms with Gasteiger partial charge < -0.3 is 0 Å². The molecule has 0 atom stereocenters. The van der Waals surface area contributed by atoms with Gasteiger partial charge in [0.2, 0.25) is 0 Å². The van der Waals surface area contributed by atoms with Crippen molar-refractivity contribution in [3.63, 3.8) is 0 Å². The first-order valence-electron chi connectivity index (χ1n) is 26.4. The van der Waals surface area contributed by atoms with Crippen LogP contribution in [-0.2, 0) is 10.8 Å². The fraction of sp³-hybridized carbons (Fsp3) is 0.111. The van der Waals surface area contributed by atoms with E-state index in [2.05, 4.69) is 294 Å². The van der Waals surface area contributed by atoms with Crippen LogP contribution in [0.5, 0.6) is 0 Å². The summed E-state index contributed by atoms with van der Waals surface area (Å²) in [5.74, 6) is 1.80. The first-order valence-corrected chi connectivity index (χ1v) is 26.4. The molecule has 2 heterocycles. The molecule has 11 aromatic rings. The van der Waals surface area contributed by atoms with Crippen molar-refractivity contribution < 1.29 is 0 Å². The van der Waals surface area contributed by atoms with E-state index in [0.717, 1.165) is 67.3 Å². The maximum absolute atomic E-state index is 5.17. The number of nitrogens with zero attached hydrogens (tertiary/aromatic N) is 4. The van der Waals surface area contributed by atoms with E-state index in [-0.39, 0.29) is 10.8 Å². The predicted molar refractivity (Wildman–Crippen MR) is 322 cm³/mol. The van der Waals surface area contributed by atoms with E-state index in [1.807, 2.05) is 0 Å². The van der Waals surface area contributed by atoms with E-state index < -0.39 is 0 Å². The maximum Gasteiger partial charge on any atom is 0.138 e. The van der Waals surface area contributed by atoms with E-state index in [9.17, 15) is 0 Å². The lowest BCUT2D eigenvalue weighted by molar-refractivity contribution is 0.660. The summed E-state index contributed by atoms with van der Waals surface area (Å²) in [5.41, 5.74) is 23.6. The van der Waals surface area contributed by atoms with Crippen LogP contribution >= 0.6 is 0 Å². The zero-order valence-corrected chi connectivity index (χ0v) is 43.9. The first kappa shape index (κ1) is 46.7. The van der Waals surface area contributed by atoms with E-state index in [1.165, 1.54) is 66.8 Å². The quantitative estimate of drug-likeness (QED) is 0.128. The van der Waals surface area contributed by atoms with Gasteiger partial charge in [-0.15, -0.1) is 0 Å². The molecule has 0 saturated carbocycles. The SMILES string of the molecule is Cc1cccc(N(c2ccc3c(c2)C(C)(C)c2cc(/C=C/c4ccc(/C=C/c5ccc6c(c5)C(C)(C)c5cc(N(c7cccc(C)c7)c7ccc8ccccc8n7)ccc5-6)cc4)ccc2-3)c2ccc3ccccc3n2)c1. The Hall–Kier alpha value is -9.12. The number of hydrogen-bond acceptors (Lipinski definition) is 4. The molecule has 2 aromatic heterocycles. The molecule has 0 radical (unpaired) electrons. The van der Waals surface area contributed by atoms with E-state index in [4.69, 9.17) is 9.97 Å². The number of benzene rings is 9. The van der Waals surface area contributed by atoms with Gasteiger partial charge in [-0.05, 0) is 177 Å². The Bertz CT molecular complexity index is 3890. The van der Waals surface area contributed by atoms with Gasteiger partial charge in [0.15, 0.2) is 0 Å². The van der Waals surface area contributed by atoms with Crippen LogP contribution in [0.3, 0.4) is 0 Å². The lowest BCUT2D eigenvalue weighted by Crippen LogP contribution is -2.17. The molecule has 0 amide bonds. The second-order valence-electron chi connectivity index (χ2n) is 21.7. The van der Waals surface area contributed by atoms with Crippen molar-refractivity contribution in [2.75, 3.05) is 9.80 Å². The number of aromatic nitrogens is 2. The van der Waals surface area contributed by atoms with Crippen molar-refractivity contribution in [1.29, 1.82) is 0 Å². The van der Waals surface area contributed by atoms with Crippen molar-refractivity contribution in [3.8, 4) is 22.3 Å². The minimum absolute atomic E-state index is 0.198. The van der Waals surface area contributed by atoms with Gasteiger partial charge in [0.05, 0.1) is 11.0 Å². The Labute approximate surface area is 446 Å². The summed E-state index contributed by atoms with van der Waals surface area (Å²) < 4.78 is 0. The summed E-state index contributed by atoms with van der Waals surface area (Å²) >= 11 is 0. The van der Waals surface area contributed by atoms with Crippen molar-refractivity contribution in [3.05, 3.63) is 274 Å². The normalized spacial score (nSPS) is 13.8. The number of para-hydroxylation sites is 2. The van der Waals surface area contributed by atoms with Crippen LogP contribution in [0.1, 0.15) is 83.3 Å². The molecule has 366 valence electrons. The molecule has 0 fully saturated rings. The molecule has 0 bridgehead atoms. The highest BCUT2D eigenvalue weighted by atomic mass is 15.2. The molecule has 13 rings (SSSR count). The molecular formula is C72H58N4. The van der Waals surface area contributed by atoms with E-state index in [0.29, 0.717) is 0 Å². The minimum atomic E-state index is -0.198. The van der Waals surface area contributed by atoms with Crippen LogP contribution in [0, 0.1) is 13.8 Å². The Morgan fingerprint density at radius 2 is 0.671 bits per heavy atom. The lowest BCUT2D eigenvalue weighted by atomic mass is 9.81. The fourth-order valence-electron chi connectivity index (χ4n) is 11.8. The average molecular weight is 979 g/mol. The maximum atomic E-state index is 5.17. The molecule has 4 nitrogen and oxygen atoms in total. The molecule has 0 unspecified atom stereocenters. The minimum Gasteiger partial charge on any atom is -0.295 e. The van der Waals surface area contributed by atoms with Crippen LogP contribution in [0.2, 0.25) is 0 Å². The molecule has 9 aromatic carbocycles. The Balaban J connectivity index is 0.723. The summed E-state index contributed by atoms with van der Waals surface area (Å²) in [7, 11) is 0. The number of hydrogen-bond donors (Lipinski definition) is 0. The number of fused-ring (bicyclic) bond motifs is 8. The van der Waals surface area contributed by atoms with Crippen LogP contribution in [0.25, 0.3) is 68.4 Å². The molecular weight excluding hydrogens is 921 g/mol. The first-order chi connectivity index (χ1) is 36.9. The summed E-state index contributed by atoms with van der Waals surface area (Å²) in [6, 6.07) is 79.3. The van der Waals surface area contributed by atoms with Crippen LogP contribution in [-0.4, -0.2) is 9.97 Å². The monoisotopic (exact) mass is 978 g/mol. The molecule has 2 aliphatic carbocycles. The van der Waals surface area contributed by atoms with Gasteiger partial charge in [-0.2, -0.15) is 0 Å². The van der Waals surface area contributed by atoms with Gasteiger partial charge in [0.1, 0.15) is 11.6 Å². The molecule has 76 heavy (non-hydrogen) atoms. The van der Waals surface area contributed by atoms with Crippen molar-refractivity contribution in [2.45, 2.75) is 52.4 Å². The van der Waals surface area contributed by atoms with Crippen molar-refractivity contribution in [2.24, 2.45) is 0 Å². The molecule has 4 heteroatoms. The number of pyridine rings is 2. The molecule has 0 aliphatic heterocycles. The molecule has 2 aliphatic rings. The third-order valence-electron chi connectivity index (χ3n) is 15.9. The van der Waals surface area contributed by atoms with Crippen LogP contribution in [0.15, 0.2) is 218 Å². The second kappa shape index (κ2) is 18.4. The summed E-state index contributed by atoms with van der Waals surface area (Å²) in [6.07, 6.45) is 8.94. The number of anilines is 6. The third kappa shape index (κ3) is 8.27. The Morgan fingerprint density at radius 1 is 0.316 bits per heavy atom. The summed E-state index contributed by atoms with van der Waals surface area (Å²) in [6.45, 7) is 13.7. The highest BCUT2D eigenvalue weighted by molar-refractivity contribution is 5.90. The van der Waals surface area contributed by atoms with Gasteiger partial charge in [-0.3, -0.25) is 9.80 Å².